The molecule has 74 valence electrons. The molecule has 2 radical (unpaired) electrons. The molecule has 0 amide bonds. The second kappa shape index (κ2) is 4.14. The third-order valence-corrected chi connectivity index (χ3v) is 2.66. The highest BCUT2D eigenvalue weighted by Gasteiger charge is 2.09. The van der Waals surface area contributed by atoms with E-state index >= 15 is 0 Å². The van der Waals surface area contributed by atoms with E-state index in [2.05, 4.69) is 43.6 Å². The van der Waals surface area contributed by atoms with Gasteiger partial charge in [0.15, 0.2) is 0 Å². The minimum absolute atomic E-state index is 1.03. The molecule has 0 saturated carbocycles. The normalized spacial score (nSPS) is 15.6. The monoisotopic (exact) mass is 187 g/mol. The standard InChI is InChI=1S/C13H17N/c1-14(2)10-11-7-8-12-5-3-4-6-13(12)9-11/h7-9H,3,5-6,10H2,1-2H3. The summed E-state index contributed by atoms with van der Waals surface area (Å²) in [5, 5.41) is 0. The molecule has 14 heavy (non-hydrogen) atoms. The number of hydrogen-bond acceptors (Lipinski definition) is 1. The van der Waals surface area contributed by atoms with E-state index in [0.717, 1.165) is 19.4 Å². The fourth-order valence-corrected chi connectivity index (χ4v) is 2.00. The highest BCUT2D eigenvalue weighted by molar-refractivity contribution is 5.35. The molecule has 1 aromatic rings. The number of rotatable bonds is 2. The molecule has 1 aliphatic carbocycles. The lowest BCUT2D eigenvalue weighted by Gasteiger charge is -2.17. The zero-order valence-electron chi connectivity index (χ0n) is 9.01. The van der Waals surface area contributed by atoms with E-state index in [9.17, 15) is 0 Å². The van der Waals surface area contributed by atoms with Crippen LogP contribution in [0.15, 0.2) is 18.2 Å². The summed E-state index contributed by atoms with van der Waals surface area (Å²) in [5.74, 6) is 0. The first-order chi connectivity index (χ1) is 6.75. The van der Waals surface area contributed by atoms with Crippen LogP contribution >= 0.6 is 0 Å². The number of hydrogen-bond donors (Lipinski definition) is 0. The first-order valence-corrected chi connectivity index (χ1v) is 5.22. The molecule has 0 unspecified atom stereocenters. The van der Waals surface area contributed by atoms with Crippen LogP contribution in [0.1, 0.15) is 23.1 Å². The van der Waals surface area contributed by atoms with Crippen LogP contribution in [0.25, 0.3) is 0 Å². The number of benzene rings is 1. The molecule has 0 saturated heterocycles. The Kier molecular flexibility index (Phi) is 2.87. The summed E-state index contributed by atoms with van der Waals surface area (Å²) in [6.45, 7) is 1.03. The van der Waals surface area contributed by atoms with Crippen LogP contribution in [-0.2, 0) is 19.4 Å². The van der Waals surface area contributed by atoms with Gasteiger partial charge in [0.2, 0.25) is 0 Å². The molecule has 0 aromatic heterocycles. The molecule has 0 fully saturated rings. The van der Waals surface area contributed by atoms with Crippen molar-refractivity contribution in [1.82, 2.24) is 4.90 Å². The van der Waals surface area contributed by atoms with Gasteiger partial charge in [-0.15, -0.1) is 0 Å². The Morgan fingerprint density at radius 3 is 2.93 bits per heavy atom. The highest BCUT2D eigenvalue weighted by atomic mass is 15.0. The van der Waals surface area contributed by atoms with Crippen molar-refractivity contribution in [1.29, 1.82) is 0 Å². The van der Waals surface area contributed by atoms with Gasteiger partial charge in [0.05, 0.1) is 0 Å². The fraction of sp³-hybridized carbons (Fsp3) is 0.462. The van der Waals surface area contributed by atoms with Gasteiger partial charge in [-0.05, 0) is 56.5 Å². The maximum Gasteiger partial charge on any atom is 0.0227 e. The topological polar surface area (TPSA) is 3.24 Å². The van der Waals surface area contributed by atoms with Gasteiger partial charge in [0.25, 0.3) is 0 Å². The van der Waals surface area contributed by atoms with E-state index in [0.29, 0.717) is 0 Å². The average molecular weight is 187 g/mol. The number of nitrogens with zero attached hydrogens (tertiary/aromatic N) is 1. The Labute approximate surface area is 86.7 Å². The van der Waals surface area contributed by atoms with Crippen molar-refractivity contribution >= 4 is 0 Å². The molecule has 0 heterocycles. The molecule has 1 aromatic carbocycles. The summed E-state index contributed by atoms with van der Waals surface area (Å²) in [6.07, 6.45) is 6.75. The maximum absolute atomic E-state index is 3.41. The SMILES string of the molecule is CN(C)Cc1ccc2c(c1)C[C]CC2. The van der Waals surface area contributed by atoms with Crippen LogP contribution in [0.4, 0.5) is 0 Å². The highest BCUT2D eigenvalue weighted by Crippen LogP contribution is 2.21. The second-order valence-electron chi connectivity index (χ2n) is 4.27. The van der Waals surface area contributed by atoms with Crippen LogP contribution in [-0.4, -0.2) is 19.0 Å². The molecule has 0 bridgehead atoms. The average Bonchev–Trinajstić information content (AvgIpc) is 2.17. The van der Waals surface area contributed by atoms with Gasteiger partial charge in [-0.3, -0.25) is 0 Å². The number of aryl methyl sites for hydroxylation is 1. The summed E-state index contributed by atoms with van der Waals surface area (Å²) in [4.78, 5) is 2.21. The van der Waals surface area contributed by atoms with Crippen LogP contribution in [0, 0.1) is 6.42 Å². The smallest absolute Gasteiger partial charge is 0.0227 e. The van der Waals surface area contributed by atoms with E-state index < -0.39 is 0 Å². The van der Waals surface area contributed by atoms with Crippen LogP contribution < -0.4 is 0 Å². The van der Waals surface area contributed by atoms with Crippen LogP contribution in [0.3, 0.4) is 0 Å². The lowest BCUT2D eigenvalue weighted by molar-refractivity contribution is 0.402. The predicted molar refractivity (Wildman–Crippen MR) is 59.1 cm³/mol. The van der Waals surface area contributed by atoms with Gasteiger partial charge in [-0.25, -0.2) is 0 Å². The van der Waals surface area contributed by atoms with Crippen molar-refractivity contribution in [2.45, 2.75) is 25.8 Å². The van der Waals surface area contributed by atoms with E-state index in [4.69, 9.17) is 0 Å². The Hall–Kier alpha value is -0.820. The Morgan fingerprint density at radius 1 is 1.29 bits per heavy atom. The molecule has 1 heteroatoms. The minimum Gasteiger partial charge on any atom is -0.305 e. The summed E-state index contributed by atoms with van der Waals surface area (Å²) in [6, 6.07) is 6.88. The summed E-state index contributed by atoms with van der Waals surface area (Å²) < 4.78 is 0. The van der Waals surface area contributed by atoms with Crippen molar-refractivity contribution in [2.24, 2.45) is 0 Å². The van der Waals surface area contributed by atoms with Crippen LogP contribution in [0.5, 0.6) is 0 Å². The van der Waals surface area contributed by atoms with Gasteiger partial charge in [-0.1, -0.05) is 18.2 Å². The number of fused-ring (bicyclic) bond motifs is 1. The largest absolute Gasteiger partial charge is 0.305 e. The van der Waals surface area contributed by atoms with Gasteiger partial charge in [0, 0.05) is 6.54 Å². The van der Waals surface area contributed by atoms with E-state index in [1.54, 1.807) is 0 Å². The first kappa shape index (κ1) is 9.72. The summed E-state index contributed by atoms with van der Waals surface area (Å²) in [7, 11) is 4.22. The quantitative estimate of drug-likeness (QED) is 0.687. The molecule has 0 spiro atoms. The zero-order valence-corrected chi connectivity index (χ0v) is 9.01. The van der Waals surface area contributed by atoms with Crippen LogP contribution in [0.2, 0.25) is 0 Å². The van der Waals surface area contributed by atoms with Gasteiger partial charge in [0.1, 0.15) is 0 Å². The molecule has 1 aliphatic rings. The van der Waals surface area contributed by atoms with Gasteiger partial charge >= 0.3 is 0 Å². The summed E-state index contributed by atoms with van der Waals surface area (Å²) in [5.41, 5.74) is 4.42. The molecule has 0 atom stereocenters. The fourth-order valence-electron chi connectivity index (χ4n) is 2.00. The summed E-state index contributed by atoms with van der Waals surface area (Å²) >= 11 is 0. The van der Waals surface area contributed by atoms with E-state index in [1.165, 1.54) is 23.1 Å². The molecule has 1 nitrogen and oxygen atoms in total. The Bertz CT molecular complexity index is 315. The van der Waals surface area contributed by atoms with Crippen molar-refractivity contribution < 1.29 is 0 Å². The van der Waals surface area contributed by atoms with E-state index in [1.807, 2.05) is 0 Å². The maximum atomic E-state index is 3.41. The lowest BCUT2D eigenvalue weighted by Crippen LogP contribution is -2.12. The van der Waals surface area contributed by atoms with Crippen molar-refractivity contribution in [3.05, 3.63) is 41.3 Å². The third-order valence-electron chi connectivity index (χ3n) is 2.66. The van der Waals surface area contributed by atoms with Crippen molar-refractivity contribution in [3.63, 3.8) is 0 Å². The lowest BCUT2D eigenvalue weighted by atomic mass is 9.90. The molecule has 0 aliphatic heterocycles. The molecule has 0 N–H and O–H groups in total. The first-order valence-electron chi connectivity index (χ1n) is 5.22. The molecule has 2 rings (SSSR count). The molecular formula is C13H17N. The third kappa shape index (κ3) is 2.16. The predicted octanol–water partition coefficient (Wildman–Crippen LogP) is 2.32. The van der Waals surface area contributed by atoms with Gasteiger partial charge < -0.3 is 4.90 Å². The van der Waals surface area contributed by atoms with E-state index in [-0.39, 0.29) is 0 Å². The Morgan fingerprint density at radius 2 is 2.14 bits per heavy atom. The minimum atomic E-state index is 1.03. The second-order valence-corrected chi connectivity index (χ2v) is 4.27. The van der Waals surface area contributed by atoms with Gasteiger partial charge in [-0.2, -0.15) is 0 Å². The Balaban J connectivity index is 2.20. The molecular weight excluding hydrogens is 170 g/mol. The van der Waals surface area contributed by atoms with Crippen molar-refractivity contribution in [2.75, 3.05) is 14.1 Å². The van der Waals surface area contributed by atoms with Crippen molar-refractivity contribution in [3.8, 4) is 0 Å². The zero-order chi connectivity index (χ0) is 9.97.